The summed E-state index contributed by atoms with van der Waals surface area (Å²) >= 11 is 6.16. The summed E-state index contributed by atoms with van der Waals surface area (Å²) in [6, 6.07) is 6.04. The standard InChI is InChI=1S/C14H22ClNO/c1-5-16-9-8-14(2,3)11-6-7-13(17-4)12(15)10-11/h6-7,10,16H,5,8-9H2,1-4H3. The van der Waals surface area contributed by atoms with Crippen LogP contribution in [0.2, 0.25) is 5.02 Å². The van der Waals surface area contributed by atoms with Crippen molar-refractivity contribution in [1.82, 2.24) is 5.32 Å². The molecule has 96 valence electrons. The lowest BCUT2D eigenvalue weighted by molar-refractivity contribution is 0.413. The second kappa shape index (κ2) is 6.27. The minimum absolute atomic E-state index is 0.123. The van der Waals surface area contributed by atoms with Crippen LogP contribution < -0.4 is 10.1 Å². The Kier molecular flexibility index (Phi) is 5.29. The van der Waals surface area contributed by atoms with E-state index < -0.39 is 0 Å². The van der Waals surface area contributed by atoms with Crippen molar-refractivity contribution in [3.8, 4) is 5.75 Å². The van der Waals surface area contributed by atoms with E-state index in [0.29, 0.717) is 5.02 Å². The fourth-order valence-electron chi connectivity index (χ4n) is 1.81. The lowest BCUT2D eigenvalue weighted by Gasteiger charge is -2.26. The van der Waals surface area contributed by atoms with E-state index in [1.165, 1.54) is 5.56 Å². The third-order valence-electron chi connectivity index (χ3n) is 3.11. The zero-order valence-corrected chi connectivity index (χ0v) is 11.9. The SMILES string of the molecule is CCNCCC(C)(C)c1ccc(OC)c(Cl)c1. The highest BCUT2D eigenvalue weighted by Crippen LogP contribution is 2.32. The van der Waals surface area contributed by atoms with Crippen molar-refractivity contribution in [1.29, 1.82) is 0 Å². The Bertz CT molecular complexity index is 363. The third-order valence-corrected chi connectivity index (χ3v) is 3.41. The maximum atomic E-state index is 6.16. The fourth-order valence-corrected chi connectivity index (χ4v) is 2.07. The van der Waals surface area contributed by atoms with Crippen LogP contribution in [0, 0.1) is 0 Å². The summed E-state index contributed by atoms with van der Waals surface area (Å²) in [6.45, 7) is 8.63. The quantitative estimate of drug-likeness (QED) is 0.784. The average molecular weight is 256 g/mol. The van der Waals surface area contributed by atoms with Gasteiger partial charge >= 0.3 is 0 Å². The fraction of sp³-hybridized carbons (Fsp3) is 0.571. The molecule has 0 fully saturated rings. The first-order valence-electron chi connectivity index (χ1n) is 6.06. The highest BCUT2D eigenvalue weighted by Gasteiger charge is 2.20. The van der Waals surface area contributed by atoms with E-state index in [1.54, 1.807) is 7.11 Å². The Hall–Kier alpha value is -0.730. The summed E-state index contributed by atoms with van der Waals surface area (Å²) in [5.74, 6) is 0.734. The number of hydrogen-bond acceptors (Lipinski definition) is 2. The molecule has 1 aromatic carbocycles. The van der Waals surface area contributed by atoms with Crippen LogP contribution in [0.3, 0.4) is 0 Å². The van der Waals surface area contributed by atoms with Gasteiger partial charge in [-0.15, -0.1) is 0 Å². The van der Waals surface area contributed by atoms with Crippen molar-refractivity contribution in [3.05, 3.63) is 28.8 Å². The molecule has 0 bridgehead atoms. The molecule has 0 saturated heterocycles. The Morgan fingerprint density at radius 3 is 2.59 bits per heavy atom. The van der Waals surface area contributed by atoms with Gasteiger partial charge in [0.2, 0.25) is 0 Å². The second-order valence-corrected chi connectivity index (χ2v) is 5.24. The predicted molar refractivity (Wildman–Crippen MR) is 74.2 cm³/mol. The molecule has 1 aromatic rings. The summed E-state index contributed by atoms with van der Waals surface area (Å²) < 4.78 is 5.17. The maximum absolute atomic E-state index is 6.16. The molecule has 0 unspecified atom stereocenters. The van der Waals surface area contributed by atoms with Crippen LogP contribution in [-0.4, -0.2) is 20.2 Å². The van der Waals surface area contributed by atoms with Crippen molar-refractivity contribution in [2.45, 2.75) is 32.6 Å². The van der Waals surface area contributed by atoms with Crippen LogP contribution in [0.15, 0.2) is 18.2 Å². The molecule has 0 spiro atoms. The number of benzene rings is 1. The Morgan fingerprint density at radius 2 is 2.06 bits per heavy atom. The minimum Gasteiger partial charge on any atom is -0.495 e. The molecule has 17 heavy (non-hydrogen) atoms. The Balaban J connectivity index is 2.80. The van der Waals surface area contributed by atoms with Gasteiger partial charge in [-0.3, -0.25) is 0 Å². The van der Waals surface area contributed by atoms with E-state index >= 15 is 0 Å². The molecule has 0 radical (unpaired) electrons. The summed E-state index contributed by atoms with van der Waals surface area (Å²) in [5.41, 5.74) is 1.37. The lowest BCUT2D eigenvalue weighted by atomic mass is 9.81. The molecule has 0 aliphatic carbocycles. The van der Waals surface area contributed by atoms with Gasteiger partial charge in [0.15, 0.2) is 0 Å². The highest BCUT2D eigenvalue weighted by atomic mass is 35.5. The highest BCUT2D eigenvalue weighted by molar-refractivity contribution is 6.32. The first-order valence-corrected chi connectivity index (χ1v) is 6.44. The number of methoxy groups -OCH3 is 1. The molecule has 1 N–H and O–H groups in total. The van der Waals surface area contributed by atoms with Gasteiger partial charge in [-0.2, -0.15) is 0 Å². The number of halogens is 1. The molecule has 3 heteroatoms. The normalized spacial score (nSPS) is 11.6. The Morgan fingerprint density at radius 1 is 1.35 bits per heavy atom. The van der Waals surface area contributed by atoms with Crippen LogP contribution in [0.25, 0.3) is 0 Å². The summed E-state index contributed by atoms with van der Waals surface area (Å²) in [6.07, 6.45) is 1.09. The van der Waals surface area contributed by atoms with Crippen molar-refractivity contribution < 1.29 is 4.74 Å². The first kappa shape index (κ1) is 14.3. The van der Waals surface area contributed by atoms with E-state index in [4.69, 9.17) is 16.3 Å². The minimum atomic E-state index is 0.123. The third kappa shape index (κ3) is 3.90. The molecule has 1 rings (SSSR count). The first-order chi connectivity index (χ1) is 8.01. The molecule has 0 aromatic heterocycles. The molecule has 0 aliphatic heterocycles. The largest absolute Gasteiger partial charge is 0.495 e. The van der Waals surface area contributed by atoms with Crippen molar-refractivity contribution in [2.24, 2.45) is 0 Å². The van der Waals surface area contributed by atoms with Crippen LogP contribution in [0.5, 0.6) is 5.75 Å². The zero-order chi connectivity index (χ0) is 12.9. The Labute approximate surface area is 109 Å². The van der Waals surface area contributed by atoms with Crippen LogP contribution in [-0.2, 0) is 5.41 Å². The van der Waals surface area contributed by atoms with E-state index in [-0.39, 0.29) is 5.41 Å². The molecule has 0 amide bonds. The van der Waals surface area contributed by atoms with Crippen LogP contribution >= 0.6 is 11.6 Å². The van der Waals surface area contributed by atoms with Crippen LogP contribution in [0.4, 0.5) is 0 Å². The van der Waals surface area contributed by atoms with Gasteiger partial charge in [-0.1, -0.05) is 38.4 Å². The van der Waals surface area contributed by atoms with Gasteiger partial charge in [0.1, 0.15) is 5.75 Å². The second-order valence-electron chi connectivity index (χ2n) is 4.84. The summed E-state index contributed by atoms with van der Waals surface area (Å²) in [7, 11) is 1.64. The maximum Gasteiger partial charge on any atom is 0.137 e. The molecular formula is C14H22ClNO. The monoisotopic (exact) mass is 255 g/mol. The topological polar surface area (TPSA) is 21.3 Å². The molecule has 0 atom stereocenters. The summed E-state index contributed by atoms with van der Waals surface area (Å²) in [5, 5.41) is 4.04. The number of ether oxygens (including phenoxy) is 1. The van der Waals surface area contributed by atoms with Gasteiger partial charge in [0.05, 0.1) is 12.1 Å². The average Bonchev–Trinajstić information content (AvgIpc) is 2.29. The van der Waals surface area contributed by atoms with E-state index in [1.807, 2.05) is 12.1 Å². The van der Waals surface area contributed by atoms with Crippen molar-refractivity contribution in [3.63, 3.8) is 0 Å². The van der Waals surface area contributed by atoms with Crippen molar-refractivity contribution >= 4 is 11.6 Å². The molecular weight excluding hydrogens is 234 g/mol. The van der Waals surface area contributed by atoms with Gasteiger partial charge < -0.3 is 10.1 Å². The molecule has 0 heterocycles. The molecule has 2 nitrogen and oxygen atoms in total. The van der Waals surface area contributed by atoms with Gasteiger partial charge in [-0.05, 0) is 42.6 Å². The molecule has 0 aliphatic rings. The van der Waals surface area contributed by atoms with E-state index in [2.05, 4.69) is 32.2 Å². The van der Waals surface area contributed by atoms with E-state index in [9.17, 15) is 0 Å². The van der Waals surface area contributed by atoms with Gasteiger partial charge in [0, 0.05) is 0 Å². The zero-order valence-electron chi connectivity index (χ0n) is 11.1. The van der Waals surface area contributed by atoms with E-state index in [0.717, 1.165) is 25.3 Å². The number of hydrogen-bond donors (Lipinski definition) is 1. The smallest absolute Gasteiger partial charge is 0.137 e. The van der Waals surface area contributed by atoms with Crippen molar-refractivity contribution in [2.75, 3.05) is 20.2 Å². The molecule has 0 saturated carbocycles. The number of nitrogens with one attached hydrogen (secondary N) is 1. The lowest BCUT2D eigenvalue weighted by Crippen LogP contribution is -2.25. The van der Waals surface area contributed by atoms with Gasteiger partial charge in [-0.25, -0.2) is 0 Å². The summed E-state index contributed by atoms with van der Waals surface area (Å²) in [4.78, 5) is 0. The number of rotatable bonds is 6. The predicted octanol–water partition coefficient (Wildman–Crippen LogP) is 3.63. The van der Waals surface area contributed by atoms with Crippen LogP contribution in [0.1, 0.15) is 32.8 Å². The van der Waals surface area contributed by atoms with Gasteiger partial charge in [0.25, 0.3) is 0 Å².